The maximum Gasteiger partial charge on any atom is 0.326 e. The maximum absolute atomic E-state index is 11.3. The Morgan fingerprint density at radius 1 is 1.33 bits per heavy atom. The zero-order valence-electron chi connectivity index (χ0n) is 11.4. The fourth-order valence-electron chi connectivity index (χ4n) is 2.75. The number of carbonyl (C=O) groups is 1. The lowest BCUT2D eigenvalue weighted by Crippen LogP contribution is -2.54. The van der Waals surface area contributed by atoms with E-state index in [0.29, 0.717) is 5.41 Å². The van der Waals surface area contributed by atoms with Gasteiger partial charge in [0.2, 0.25) is 0 Å². The van der Waals surface area contributed by atoms with Crippen molar-refractivity contribution < 1.29 is 14.6 Å². The van der Waals surface area contributed by atoms with Crippen LogP contribution in [0.1, 0.15) is 52.4 Å². The second kappa shape index (κ2) is 4.82. The molecule has 0 saturated heterocycles. The van der Waals surface area contributed by atoms with Crippen LogP contribution in [-0.4, -0.2) is 29.3 Å². The highest BCUT2D eigenvalue weighted by Gasteiger charge is 2.49. The third-order valence-corrected chi connectivity index (χ3v) is 4.55. The van der Waals surface area contributed by atoms with Gasteiger partial charge in [0.1, 0.15) is 5.54 Å². The molecule has 0 spiro atoms. The zero-order valence-corrected chi connectivity index (χ0v) is 11.4. The van der Waals surface area contributed by atoms with Crippen LogP contribution in [0.2, 0.25) is 0 Å². The summed E-state index contributed by atoms with van der Waals surface area (Å²) in [6.07, 6.45) is 6.37. The first kappa shape index (κ1) is 13.8. The van der Waals surface area contributed by atoms with Crippen LogP contribution in [0.15, 0.2) is 0 Å². The van der Waals surface area contributed by atoms with Crippen molar-refractivity contribution in [1.82, 2.24) is 0 Å². The van der Waals surface area contributed by atoms with Crippen LogP contribution in [0, 0.1) is 11.3 Å². The van der Waals surface area contributed by atoms with Crippen LogP contribution in [0.3, 0.4) is 0 Å². The number of carboxylic acids is 1. The van der Waals surface area contributed by atoms with Gasteiger partial charge in [-0.3, -0.25) is 4.79 Å². The Balaban J connectivity index is 1.82. The number of aliphatic carboxylic acids is 1. The largest absolute Gasteiger partial charge is 0.480 e. The quantitative estimate of drug-likeness (QED) is 0.789. The average molecular weight is 255 g/mol. The summed E-state index contributed by atoms with van der Waals surface area (Å²) in [7, 11) is 0. The Bertz CT molecular complexity index is 315. The van der Waals surface area contributed by atoms with Crippen molar-refractivity contribution in [1.29, 1.82) is 0 Å². The van der Waals surface area contributed by atoms with Gasteiger partial charge in [0.25, 0.3) is 0 Å². The molecule has 2 saturated carbocycles. The lowest BCUT2D eigenvalue weighted by molar-refractivity contribution is -0.148. The highest BCUT2D eigenvalue weighted by molar-refractivity contribution is 5.79. The van der Waals surface area contributed by atoms with Crippen LogP contribution >= 0.6 is 0 Å². The predicted octanol–water partition coefficient (Wildman–Crippen LogP) is 2.16. The van der Waals surface area contributed by atoms with Crippen molar-refractivity contribution in [2.45, 2.75) is 64.0 Å². The molecule has 0 aromatic heterocycles. The first-order chi connectivity index (χ1) is 8.33. The Morgan fingerprint density at radius 3 is 2.33 bits per heavy atom. The molecule has 0 amide bonds. The highest BCUT2D eigenvalue weighted by atomic mass is 16.5. The topological polar surface area (TPSA) is 72.5 Å². The summed E-state index contributed by atoms with van der Waals surface area (Å²) in [5.41, 5.74) is 5.24. The fourth-order valence-corrected chi connectivity index (χ4v) is 2.75. The van der Waals surface area contributed by atoms with E-state index in [1.807, 2.05) is 0 Å². The molecule has 4 nitrogen and oxygen atoms in total. The van der Waals surface area contributed by atoms with Gasteiger partial charge < -0.3 is 15.6 Å². The number of hydrogen-bond acceptors (Lipinski definition) is 3. The Hall–Kier alpha value is -0.610. The van der Waals surface area contributed by atoms with Crippen molar-refractivity contribution >= 4 is 5.97 Å². The van der Waals surface area contributed by atoms with Gasteiger partial charge in [0.05, 0.1) is 12.7 Å². The molecule has 18 heavy (non-hydrogen) atoms. The molecule has 0 radical (unpaired) electrons. The summed E-state index contributed by atoms with van der Waals surface area (Å²) in [4.78, 5) is 11.3. The van der Waals surface area contributed by atoms with E-state index < -0.39 is 11.5 Å². The van der Waals surface area contributed by atoms with Gasteiger partial charge >= 0.3 is 5.97 Å². The van der Waals surface area contributed by atoms with Crippen molar-refractivity contribution in [3.05, 3.63) is 0 Å². The standard InChI is InChI=1S/C14H25NO3/c1-13(2)7-5-11(6-8-13)18-9-14(15,12(16)17)10-3-4-10/h10-11H,3-9,15H2,1-2H3,(H,16,17). The molecule has 4 heteroatoms. The first-order valence-corrected chi connectivity index (χ1v) is 6.97. The molecule has 0 aliphatic heterocycles. The molecule has 1 atom stereocenters. The minimum absolute atomic E-state index is 0.107. The van der Waals surface area contributed by atoms with Crippen LogP contribution in [-0.2, 0) is 9.53 Å². The van der Waals surface area contributed by atoms with Crippen LogP contribution in [0.4, 0.5) is 0 Å². The van der Waals surface area contributed by atoms with Crippen molar-refractivity contribution in [2.75, 3.05) is 6.61 Å². The first-order valence-electron chi connectivity index (χ1n) is 6.97. The van der Waals surface area contributed by atoms with Gasteiger partial charge in [-0.2, -0.15) is 0 Å². The third kappa shape index (κ3) is 3.04. The average Bonchev–Trinajstić information content (AvgIpc) is 3.11. The number of hydrogen-bond donors (Lipinski definition) is 2. The fraction of sp³-hybridized carbons (Fsp3) is 0.929. The van der Waals surface area contributed by atoms with Gasteiger partial charge in [0.15, 0.2) is 0 Å². The molecule has 1 unspecified atom stereocenters. The van der Waals surface area contributed by atoms with Crippen molar-refractivity contribution in [3.63, 3.8) is 0 Å². The predicted molar refractivity (Wildman–Crippen MR) is 69.3 cm³/mol. The normalized spacial score (nSPS) is 27.7. The van der Waals surface area contributed by atoms with E-state index in [1.165, 1.54) is 0 Å². The number of carboxylic acid groups (broad SMARTS) is 1. The second-order valence-corrected chi connectivity index (χ2v) is 6.79. The molecule has 2 aliphatic carbocycles. The van der Waals surface area contributed by atoms with Gasteiger partial charge in [-0.15, -0.1) is 0 Å². The molecule has 104 valence electrons. The molecule has 0 heterocycles. The molecule has 2 aliphatic rings. The molecule has 2 fully saturated rings. The van der Waals surface area contributed by atoms with E-state index in [4.69, 9.17) is 10.5 Å². The third-order valence-electron chi connectivity index (χ3n) is 4.55. The summed E-state index contributed by atoms with van der Waals surface area (Å²) >= 11 is 0. The lowest BCUT2D eigenvalue weighted by Gasteiger charge is -2.35. The summed E-state index contributed by atoms with van der Waals surface area (Å²) in [6, 6.07) is 0. The Morgan fingerprint density at radius 2 is 1.89 bits per heavy atom. The minimum Gasteiger partial charge on any atom is -0.480 e. The van der Waals surface area contributed by atoms with E-state index in [-0.39, 0.29) is 18.6 Å². The van der Waals surface area contributed by atoms with Gasteiger partial charge in [0, 0.05) is 0 Å². The molecule has 3 N–H and O–H groups in total. The molecule has 2 rings (SSSR count). The summed E-state index contributed by atoms with van der Waals surface area (Å²) in [6.45, 7) is 4.72. The highest BCUT2D eigenvalue weighted by Crippen LogP contribution is 2.40. The van der Waals surface area contributed by atoms with E-state index in [1.54, 1.807) is 0 Å². The van der Waals surface area contributed by atoms with Crippen molar-refractivity contribution in [2.24, 2.45) is 17.1 Å². The molecule has 0 aromatic rings. The number of nitrogens with two attached hydrogens (primary N) is 1. The molecule has 0 bridgehead atoms. The minimum atomic E-state index is -1.16. The summed E-state index contributed by atoms with van der Waals surface area (Å²) < 4.78 is 5.80. The maximum atomic E-state index is 11.3. The van der Waals surface area contributed by atoms with Gasteiger partial charge in [-0.1, -0.05) is 13.8 Å². The van der Waals surface area contributed by atoms with Crippen LogP contribution in [0.5, 0.6) is 0 Å². The smallest absolute Gasteiger partial charge is 0.326 e. The van der Waals surface area contributed by atoms with E-state index in [0.717, 1.165) is 38.5 Å². The molecular formula is C14H25NO3. The SMILES string of the molecule is CC1(C)CCC(OCC(N)(C(=O)O)C2CC2)CC1. The van der Waals surface area contributed by atoms with Gasteiger partial charge in [-0.25, -0.2) is 0 Å². The Kier molecular flexibility index (Phi) is 3.70. The van der Waals surface area contributed by atoms with E-state index >= 15 is 0 Å². The lowest BCUT2D eigenvalue weighted by atomic mass is 9.76. The van der Waals surface area contributed by atoms with Crippen molar-refractivity contribution in [3.8, 4) is 0 Å². The monoisotopic (exact) mass is 255 g/mol. The Labute approximate surface area is 109 Å². The second-order valence-electron chi connectivity index (χ2n) is 6.79. The van der Waals surface area contributed by atoms with Gasteiger partial charge in [-0.05, 0) is 49.9 Å². The van der Waals surface area contributed by atoms with Crippen LogP contribution < -0.4 is 5.73 Å². The molecule has 0 aromatic carbocycles. The number of rotatable bonds is 5. The van der Waals surface area contributed by atoms with Crippen LogP contribution in [0.25, 0.3) is 0 Å². The molecular weight excluding hydrogens is 230 g/mol. The summed E-state index contributed by atoms with van der Waals surface area (Å²) in [5.74, 6) is -0.809. The number of ether oxygens (including phenoxy) is 1. The van der Waals surface area contributed by atoms with E-state index in [9.17, 15) is 9.90 Å². The van der Waals surface area contributed by atoms with E-state index in [2.05, 4.69) is 13.8 Å². The summed E-state index contributed by atoms with van der Waals surface area (Å²) in [5, 5.41) is 9.25. The zero-order chi connectivity index (χ0) is 13.4.